The highest BCUT2D eigenvalue weighted by Gasteiger charge is 2.34. The Bertz CT molecular complexity index is 1580. The lowest BCUT2D eigenvalue weighted by Gasteiger charge is -2.26. The largest absolute Gasteiger partial charge is 0.507 e. The van der Waals surface area contributed by atoms with Gasteiger partial charge in [-0.2, -0.15) is 0 Å². The predicted molar refractivity (Wildman–Crippen MR) is 129 cm³/mol. The number of phenols is 3. The molecule has 4 N–H and O–H groups in total. The molecule has 3 aromatic carbocycles. The first-order valence-corrected chi connectivity index (χ1v) is 10.9. The van der Waals surface area contributed by atoms with Gasteiger partial charge in [-0.25, -0.2) is 0 Å². The second-order valence-corrected chi connectivity index (χ2v) is 8.22. The van der Waals surface area contributed by atoms with E-state index in [2.05, 4.69) is 6.58 Å². The Labute approximate surface area is 203 Å². The normalized spacial score (nSPS) is 14.8. The number of rotatable bonds is 5. The van der Waals surface area contributed by atoms with Crippen LogP contribution in [0.15, 0.2) is 70.4 Å². The molecule has 9 nitrogen and oxygen atoms in total. The van der Waals surface area contributed by atoms with Gasteiger partial charge in [-0.3, -0.25) is 9.59 Å². The summed E-state index contributed by atoms with van der Waals surface area (Å²) in [6.07, 6.45) is 1.54. The van der Waals surface area contributed by atoms with Crippen molar-refractivity contribution in [3.8, 4) is 45.8 Å². The zero-order valence-corrected chi connectivity index (χ0v) is 18.7. The molecule has 0 bridgehead atoms. The molecule has 4 aromatic rings. The molecule has 1 aromatic heterocycles. The molecule has 0 aliphatic carbocycles. The van der Waals surface area contributed by atoms with Gasteiger partial charge in [-0.15, -0.1) is 0 Å². The Balaban J connectivity index is 1.75. The summed E-state index contributed by atoms with van der Waals surface area (Å²) in [7, 11) is 0. The zero-order chi connectivity index (χ0) is 25.6. The van der Waals surface area contributed by atoms with E-state index in [1.54, 1.807) is 30.3 Å². The van der Waals surface area contributed by atoms with E-state index in [0.717, 1.165) is 12.1 Å². The van der Waals surface area contributed by atoms with E-state index < -0.39 is 40.3 Å². The van der Waals surface area contributed by atoms with Crippen LogP contribution < -0.4 is 14.9 Å². The van der Waals surface area contributed by atoms with Gasteiger partial charge >= 0.3 is 5.97 Å². The van der Waals surface area contributed by atoms with E-state index in [0.29, 0.717) is 23.5 Å². The Morgan fingerprint density at radius 1 is 0.972 bits per heavy atom. The second kappa shape index (κ2) is 8.70. The van der Waals surface area contributed by atoms with Crippen LogP contribution in [0, 0.1) is 0 Å². The summed E-state index contributed by atoms with van der Waals surface area (Å²) in [5.41, 5.74) is 0.142. The fraction of sp³-hybridized carbons (Fsp3) is 0.111. The third kappa shape index (κ3) is 3.76. The zero-order valence-electron chi connectivity index (χ0n) is 18.7. The number of hydrogen-bond acceptors (Lipinski definition) is 9. The van der Waals surface area contributed by atoms with Crippen molar-refractivity contribution in [2.24, 2.45) is 0 Å². The molecule has 1 aliphatic rings. The van der Waals surface area contributed by atoms with Crippen molar-refractivity contribution < 1.29 is 39.1 Å². The third-order valence-corrected chi connectivity index (χ3v) is 5.95. The van der Waals surface area contributed by atoms with E-state index in [9.17, 15) is 30.0 Å². The molecular formula is C27H20O9. The maximum Gasteiger partial charge on any atom is 0.312 e. The molecule has 36 heavy (non-hydrogen) atoms. The minimum Gasteiger partial charge on any atom is -0.507 e. The number of esters is 1. The van der Waals surface area contributed by atoms with Crippen molar-refractivity contribution in [2.75, 3.05) is 6.61 Å². The molecule has 2 heterocycles. The number of carbonyl (C=O) groups excluding carboxylic acids is 1. The Morgan fingerprint density at radius 2 is 1.72 bits per heavy atom. The molecule has 0 unspecified atom stereocenters. The summed E-state index contributed by atoms with van der Waals surface area (Å²) >= 11 is 0. The first kappa shape index (κ1) is 22.9. The highest BCUT2D eigenvalue weighted by molar-refractivity contribution is 5.94. The summed E-state index contributed by atoms with van der Waals surface area (Å²) < 4.78 is 16.9. The summed E-state index contributed by atoms with van der Waals surface area (Å²) in [5.74, 6) is -3.04. The quantitative estimate of drug-likeness (QED) is 0.140. The first-order valence-electron chi connectivity index (χ1n) is 10.9. The number of phenolic OH excluding ortho intramolecular Hbond substituents is 3. The van der Waals surface area contributed by atoms with Crippen LogP contribution >= 0.6 is 0 Å². The molecule has 0 spiro atoms. The average Bonchev–Trinajstić information content (AvgIpc) is 2.86. The Hall–Kier alpha value is -4.92. The van der Waals surface area contributed by atoms with Crippen molar-refractivity contribution >= 4 is 16.9 Å². The van der Waals surface area contributed by atoms with Gasteiger partial charge in [0, 0.05) is 23.1 Å². The number of carbonyl (C=O) groups is 1. The van der Waals surface area contributed by atoms with Crippen LogP contribution in [-0.2, 0) is 4.79 Å². The molecule has 5 rings (SSSR count). The maximum absolute atomic E-state index is 13.1. The monoisotopic (exact) mass is 488 g/mol. The maximum atomic E-state index is 13.1. The molecule has 182 valence electrons. The van der Waals surface area contributed by atoms with Crippen molar-refractivity contribution in [3.63, 3.8) is 0 Å². The topological polar surface area (TPSA) is 147 Å². The smallest absolute Gasteiger partial charge is 0.312 e. The highest BCUT2D eigenvalue weighted by Crippen LogP contribution is 2.47. The standard InChI is InChI=1S/C27H20O9/c1-2-9-34-15-6-3-13(4-7-15)16-11-21(31)35-20-12-19(30)23-24(32)25(33)26(36-27(23)22(16)20)14-5-8-17(28)18(29)10-14/h2-8,10,12,16,28-30,33H,1,9,11H2/t16-/m1/s1. The lowest BCUT2D eigenvalue weighted by atomic mass is 9.85. The summed E-state index contributed by atoms with van der Waals surface area (Å²) in [6, 6.07) is 11.8. The number of aromatic hydroxyl groups is 4. The van der Waals surface area contributed by atoms with Gasteiger partial charge in [-0.1, -0.05) is 24.8 Å². The Kier molecular flexibility index (Phi) is 5.52. The van der Waals surface area contributed by atoms with Gasteiger partial charge in [0.25, 0.3) is 0 Å². The fourth-order valence-corrected chi connectivity index (χ4v) is 4.28. The van der Waals surface area contributed by atoms with E-state index in [4.69, 9.17) is 13.9 Å². The fourth-order valence-electron chi connectivity index (χ4n) is 4.28. The van der Waals surface area contributed by atoms with E-state index in [1.165, 1.54) is 12.1 Å². The summed E-state index contributed by atoms with van der Waals surface area (Å²) in [5, 5.41) is 40.4. The van der Waals surface area contributed by atoms with Crippen LogP contribution in [0.25, 0.3) is 22.3 Å². The van der Waals surface area contributed by atoms with Gasteiger partial charge in [-0.05, 0) is 35.9 Å². The van der Waals surface area contributed by atoms with Crippen molar-refractivity contribution in [1.82, 2.24) is 0 Å². The third-order valence-electron chi connectivity index (χ3n) is 5.95. The molecule has 1 atom stereocenters. The van der Waals surface area contributed by atoms with Crippen LogP contribution in [0.4, 0.5) is 0 Å². The lowest BCUT2D eigenvalue weighted by Crippen LogP contribution is -2.22. The number of benzene rings is 3. The van der Waals surface area contributed by atoms with E-state index in [-0.39, 0.29) is 34.5 Å². The van der Waals surface area contributed by atoms with Crippen molar-refractivity contribution in [3.05, 3.63) is 82.5 Å². The highest BCUT2D eigenvalue weighted by atomic mass is 16.5. The molecule has 1 aliphatic heterocycles. The average molecular weight is 488 g/mol. The van der Waals surface area contributed by atoms with Gasteiger partial charge in [0.05, 0.1) is 6.42 Å². The number of ether oxygens (including phenoxy) is 2. The minimum absolute atomic E-state index is 0.0153. The second-order valence-electron chi connectivity index (χ2n) is 8.22. The van der Waals surface area contributed by atoms with Crippen LogP contribution in [0.1, 0.15) is 23.5 Å². The number of fused-ring (bicyclic) bond motifs is 3. The first-order chi connectivity index (χ1) is 17.3. The predicted octanol–water partition coefficient (Wildman–Crippen LogP) is 4.29. The molecule has 0 saturated heterocycles. The van der Waals surface area contributed by atoms with Crippen LogP contribution in [0.3, 0.4) is 0 Å². The summed E-state index contributed by atoms with van der Waals surface area (Å²) in [6.45, 7) is 3.94. The molecular weight excluding hydrogens is 468 g/mol. The lowest BCUT2D eigenvalue weighted by molar-refractivity contribution is -0.135. The summed E-state index contributed by atoms with van der Waals surface area (Å²) in [4.78, 5) is 25.5. The van der Waals surface area contributed by atoms with Crippen molar-refractivity contribution in [1.29, 1.82) is 0 Å². The van der Waals surface area contributed by atoms with E-state index in [1.807, 2.05) is 0 Å². The van der Waals surface area contributed by atoms with Crippen LogP contribution in [0.5, 0.6) is 34.5 Å². The minimum atomic E-state index is -0.914. The van der Waals surface area contributed by atoms with Crippen LogP contribution in [0.2, 0.25) is 0 Å². The van der Waals surface area contributed by atoms with Crippen LogP contribution in [-0.4, -0.2) is 33.0 Å². The van der Waals surface area contributed by atoms with Gasteiger partial charge < -0.3 is 34.3 Å². The van der Waals surface area contributed by atoms with Gasteiger partial charge in [0.15, 0.2) is 17.3 Å². The van der Waals surface area contributed by atoms with E-state index >= 15 is 0 Å². The molecule has 0 amide bonds. The Morgan fingerprint density at radius 3 is 2.42 bits per heavy atom. The molecule has 0 saturated carbocycles. The molecule has 0 radical (unpaired) electrons. The SMILES string of the molecule is C=CCOc1ccc([C@H]2CC(=O)Oc3cc(O)c4c(=O)c(O)c(-c5ccc(O)c(O)c5)oc4c32)cc1. The number of hydrogen-bond donors (Lipinski definition) is 4. The van der Waals surface area contributed by atoms with Crippen molar-refractivity contribution in [2.45, 2.75) is 12.3 Å². The van der Waals surface area contributed by atoms with Gasteiger partial charge in [0.1, 0.15) is 34.8 Å². The molecule has 0 fully saturated rings. The molecule has 9 heteroatoms. The van der Waals surface area contributed by atoms with Gasteiger partial charge in [0.2, 0.25) is 11.2 Å².